The summed E-state index contributed by atoms with van der Waals surface area (Å²) in [6, 6.07) is 4.12. The van der Waals surface area contributed by atoms with Crippen molar-refractivity contribution in [2.24, 2.45) is 11.5 Å². The summed E-state index contributed by atoms with van der Waals surface area (Å²) in [5, 5.41) is 0. The molecule has 0 bridgehead atoms. The number of rotatable bonds is 5. The van der Waals surface area contributed by atoms with Crippen LogP contribution in [0.5, 0.6) is 5.75 Å². The second kappa shape index (κ2) is 5.46. The van der Waals surface area contributed by atoms with E-state index < -0.39 is 17.8 Å². The minimum absolute atomic E-state index is 0.157. The molecule has 1 aromatic rings. The molecule has 0 aromatic heterocycles. The molecule has 5 heteroatoms. The third-order valence-electron chi connectivity index (χ3n) is 2.21. The number of aryl methyl sites for hydroxylation is 1. The Morgan fingerprint density at radius 2 is 2.25 bits per heavy atom. The van der Waals surface area contributed by atoms with Crippen LogP contribution in [-0.4, -0.2) is 18.6 Å². The van der Waals surface area contributed by atoms with Crippen LogP contribution in [0, 0.1) is 12.7 Å². The Labute approximate surface area is 93.4 Å². The Kier molecular flexibility index (Phi) is 4.25. The smallest absolute Gasteiger partial charge is 0.234 e. The van der Waals surface area contributed by atoms with Gasteiger partial charge in [0.2, 0.25) is 5.91 Å². The first-order valence-corrected chi connectivity index (χ1v) is 4.95. The number of ether oxygens (including phenoxy) is 1. The summed E-state index contributed by atoms with van der Waals surface area (Å²) in [5.41, 5.74) is 10.9. The zero-order valence-electron chi connectivity index (χ0n) is 9.07. The number of carbonyl (C=O) groups excluding carboxylic acids is 1. The van der Waals surface area contributed by atoms with Crippen molar-refractivity contribution in [3.05, 3.63) is 29.6 Å². The second-order valence-corrected chi connectivity index (χ2v) is 3.53. The molecule has 16 heavy (non-hydrogen) atoms. The van der Waals surface area contributed by atoms with Crippen LogP contribution in [0.3, 0.4) is 0 Å². The van der Waals surface area contributed by atoms with Gasteiger partial charge in [-0.05, 0) is 18.6 Å². The molecule has 4 nitrogen and oxygen atoms in total. The number of halogens is 1. The van der Waals surface area contributed by atoms with E-state index in [1.807, 2.05) is 0 Å². The molecule has 1 atom stereocenters. The standard InChI is InChI=1S/C11H15FN2O2/c1-7-3-2-4-9(10(7)12)16-6-5-8(13)11(14)15/h2-4,8H,5-6,13H2,1H3,(H2,14,15). The van der Waals surface area contributed by atoms with Gasteiger partial charge >= 0.3 is 0 Å². The number of carbonyl (C=O) groups is 1. The molecule has 0 aliphatic rings. The van der Waals surface area contributed by atoms with E-state index in [0.717, 1.165) is 0 Å². The molecule has 88 valence electrons. The summed E-state index contributed by atoms with van der Waals surface area (Å²) < 4.78 is 18.6. The van der Waals surface area contributed by atoms with Crippen LogP contribution in [0.4, 0.5) is 4.39 Å². The number of primary amides is 1. The zero-order chi connectivity index (χ0) is 12.1. The fourth-order valence-corrected chi connectivity index (χ4v) is 1.17. The average molecular weight is 226 g/mol. The molecule has 1 aromatic carbocycles. The summed E-state index contributed by atoms with van der Waals surface area (Å²) in [5.74, 6) is -0.819. The molecule has 1 unspecified atom stereocenters. The third-order valence-corrected chi connectivity index (χ3v) is 2.21. The number of benzene rings is 1. The van der Waals surface area contributed by atoms with E-state index in [1.54, 1.807) is 19.1 Å². The second-order valence-electron chi connectivity index (χ2n) is 3.53. The molecule has 0 spiro atoms. The molecule has 4 N–H and O–H groups in total. The van der Waals surface area contributed by atoms with Gasteiger partial charge in [0.05, 0.1) is 12.6 Å². The predicted molar refractivity (Wildman–Crippen MR) is 58.4 cm³/mol. The van der Waals surface area contributed by atoms with Crippen LogP contribution < -0.4 is 16.2 Å². The number of hydrogen-bond acceptors (Lipinski definition) is 3. The molecule has 0 aliphatic heterocycles. The van der Waals surface area contributed by atoms with E-state index >= 15 is 0 Å². The van der Waals surface area contributed by atoms with Gasteiger partial charge in [0.1, 0.15) is 0 Å². The summed E-state index contributed by atoms with van der Waals surface area (Å²) in [7, 11) is 0. The molecule has 1 amide bonds. The highest BCUT2D eigenvalue weighted by Gasteiger charge is 2.10. The lowest BCUT2D eigenvalue weighted by Crippen LogP contribution is -2.37. The highest BCUT2D eigenvalue weighted by atomic mass is 19.1. The van der Waals surface area contributed by atoms with Gasteiger partial charge in [-0.3, -0.25) is 4.79 Å². The Bertz CT molecular complexity index is 382. The van der Waals surface area contributed by atoms with Crippen LogP contribution in [-0.2, 0) is 4.79 Å². The van der Waals surface area contributed by atoms with E-state index in [1.165, 1.54) is 6.07 Å². The molecular formula is C11H15FN2O2. The normalized spacial score (nSPS) is 12.2. The van der Waals surface area contributed by atoms with Crippen LogP contribution >= 0.6 is 0 Å². The lowest BCUT2D eigenvalue weighted by molar-refractivity contribution is -0.119. The van der Waals surface area contributed by atoms with Gasteiger partial charge < -0.3 is 16.2 Å². The van der Waals surface area contributed by atoms with Crippen LogP contribution in [0.15, 0.2) is 18.2 Å². The third kappa shape index (κ3) is 3.20. The maximum Gasteiger partial charge on any atom is 0.234 e. The summed E-state index contributed by atoms with van der Waals surface area (Å²) in [6.07, 6.45) is 0.267. The lowest BCUT2D eigenvalue weighted by Gasteiger charge is -2.10. The van der Waals surface area contributed by atoms with E-state index in [9.17, 15) is 9.18 Å². The average Bonchev–Trinajstić information content (AvgIpc) is 2.24. The maximum atomic E-state index is 13.4. The summed E-state index contributed by atoms with van der Waals surface area (Å²) >= 11 is 0. The van der Waals surface area contributed by atoms with Gasteiger partial charge in [-0.1, -0.05) is 12.1 Å². The van der Waals surface area contributed by atoms with Gasteiger partial charge in [-0.2, -0.15) is 0 Å². The molecule has 0 aliphatic carbocycles. The van der Waals surface area contributed by atoms with Gasteiger partial charge in [0.15, 0.2) is 11.6 Å². The SMILES string of the molecule is Cc1cccc(OCCC(N)C(N)=O)c1F. The summed E-state index contributed by atoms with van der Waals surface area (Å²) in [6.45, 7) is 1.81. The van der Waals surface area contributed by atoms with Crippen molar-refractivity contribution in [3.8, 4) is 5.75 Å². The molecule has 0 saturated heterocycles. The van der Waals surface area contributed by atoms with Crippen molar-refractivity contribution in [1.82, 2.24) is 0 Å². The van der Waals surface area contributed by atoms with Crippen LogP contribution in [0.2, 0.25) is 0 Å². The predicted octanol–water partition coefficient (Wildman–Crippen LogP) is 0.716. The lowest BCUT2D eigenvalue weighted by atomic mass is 10.2. The highest BCUT2D eigenvalue weighted by molar-refractivity contribution is 5.79. The van der Waals surface area contributed by atoms with Gasteiger partial charge in [0.25, 0.3) is 0 Å². The molecule has 1 rings (SSSR count). The van der Waals surface area contributed by atoms with Crippen molar-refractivity contribution in [3.63, 3.8) is 0 Å². The fraction of sp³-hybridized carbons (Fsp3) is 0.364. The van der Waals surface area contributed by atoms with Crippen molar-refractivity contribution in [2.75, 3.05) is 6.61 Å². The topological polar surface area (TPSA) is 78.3 Å². The first kappa shape index (κ1) is 12.4. The van der Waals surface area contributed by atoms with Crippen molar-refractivity contribution >= 4 is 5.91 Å². The van der Waals surface area contributed by atoms with E-state index in [4.69, 9.17) is 16.2 Å². The molecule has 0 heterocycles. The Morgan fingerprint density at radius 1 is 1.56 bits per heavy atom. The van der Waals surface area contributed by atoms with Crippen LogP contribution in [0.1, 0.15) is 12.0 Å². The first-order chi connectivity index (χ1) is 7.52. The Hall–Kier alpha value is -1.62. The van der Waals surface area contributed by atoms with Crippen molar-refractivity contribution in [1.29, 1.82) is 0 Å². The number of hydrogen-bond donors (Lipinski definition) is 2. The minimum Gasteiger partial charge on any atom is -0.490 e. The number of amides is 1. The Balaban J connectivity index is 2.49. The highest BCUT2D eigenvalue weighted by Crippen LogP contribution is 2.19. The van der Waals surface area contributed by atoms with Gasteiger partial charge in [0, 0.05) is 6.42 Å². The summed E-state index contributed by atoms with van der Waals surface area (Å²) in [4.78, 5) is 10.6. The maximum absolute atomic E-state index is 13.4. The molecule has 0 saturated carbocycles. The quantitative estimate of drug-likeness (QED) is 0.776. The number of nitrogens with two attached hydrogens (primary N) is 2. The Morgan fingerprint density at radius 3 is 2.88 bits per heavy atom. The molecule has 0 radical (unpaired) electrons. The first-order valence-electron chi connectivity index (χ1n) is 4.95. The monoisotopic (exact) mass is 226 g/mol. The van der Waals surface area contributed by atoms with Crippen molar-refractivity contribution in [2.45, 2.75) is 19.4 Å². The largest absolute Gasteiger partial charge is 0.490 e. The van der Waals surface area contributed by atoms with Gasteiger partial charge in [-0.15, -0.1) is 0 Å². The molecule has 0 fully saturated rings. The van der Waals surface area contributed by atoms with E-state index in [2.05, 4.69) is 0 Å². The van der Waals surface area contributed by atoms with Crippen molar-refractivity contribution < 1.29 is 13.9 Å². The van der Waals surface area contributed by atoms with E-state index in [-0.39, 0.29) is 18.8 Å². The fourth-order valence-electron chi connectivity index (χ4n) is 1.17. The van der Waals surface area contributed by atoms with Crippen LogP contribution in [0.25, 0.3) is 0 Å². The minimum atomic E-state index is -0.757. The zero-order valence-corrected chi connectivity index (χ0v) is 9.07. The molecular weight excluding hydrogens is 211 g/mol. The van der Waals surface area contributed by atoms with Gasteiger partial charge in [-0.25, -0.2) is 4.39 Å². The van der Waals surface area contributed by atoms with E-state index in [0.29, 0.717) is 5.56 Å².